The van der Waals surface area contributed by atoms with Crippen molar-refractivity contribution in [3.8, 4) is 17.2 Å². The molecule has 0 aromatic heterocycles. The van der Waals surface area contributed by atoms with Gasteiger partial charge in [0.25, 0.3) is 0 Å². The topological polar surface area (TPSA) is 56.8 Å². The van der Waals surface area contributed by atoms with Crippen LogP contribution in [0.2, 0.25) is 0 Å². The van der Waals surface area contributed by atoms with Crippen LogP contribution < -0.4 is 19.5 Å². The number of carbonyl (C=O) groups is 1. The van der Waals surface area contributed by atoms with Gasteiger partial charge in [-0.05, 0) is 35.9 Å². The van der Waals surface area contributed by atoms with E-state index in [1.54, 1.807) is 31.4 Å². The third kappa shape index (κ3) is 3.20. The number of hydrogen-bond donors (Lipinski definition) is 1. The Morgan fingerprint density at radius 1 is 1.18 bits per heavy atom. The van der Waals surface area contributed by atoms with Gasteiger partial charge in [0.05, 0.1) is 7.11 Å². The Hall–Kier alpha value is -2.95. The fourth-order valence-electron chi connectivity index (χ4n) is 2.08. The Kier molecular flexibility index (Phi) is 3.96. The summed E-state index contributed by atoms with van der Waals surface area (Å²) in [7, 11) is 1.61. The van der Waals surface area contributed by atoms with E-state index >= 15 is 0 Å². The van der Waals surface area contributed by atoms with Gasteiger partial charge in [-0.25, -0.2) is 0 Å². The van der Waals surface area contributed by atoms with Crippen molar-refractivity contribution in [3.63, 3.8) is 0 Å². The largest absolute Gasteiger partial charge is 0.497 e. The molecular weight excluding hydrogens is 282 g/mol. The first-order chi connectivity index (χ1) is 10.7. The molecule has 0 fully saturated rings. The summed E-state index contributed by atoms with van der Waals surface area (Å²) in [5.41, 5.74) is 1.55. The molecule has 0 saturated heterocycles. The van der Waals surface area contributed by atoms with Crippen LogP contribution in [0.4, 0.5) is 5.69 Å². The first-order valence-corrected chi connectivity index (χ1v) is 6.77. The molecule has 5 nitrogen and oxygen atoms in total. The van der Waals surface area contributed by atoms with Gasteiger partial charge in [0.2, 0.25) is 12.7 Å². The van der Waals surface area contributed by atoms with Crippen LogP contribution in [0.25, 0.3) is 6.08 Å². The fourth-order valence-corrected chi connectivity index (χ4v) is 2.08. The third-order valence-corrected chi connectivity index (χ3v) is 3.16. The number of amides is 1. The van der Waals surface area contributed by atoms with Crippen LogP contribution in [0.15, 0.2) is 48.5 Å². The highest BCUT2D eigenvalue weighted by molar-refractivity contribution is 6.02. The first kappa shape index (κ1) is 14.0. The minimum atomic E-state index is -0.221. The Balaban J connectivity index is 1.65. The van der Waals surface area contributed by atoms with E-state index in [-0.39, 0.29) is 12.7 Å². The van der Waals surface area contributed by atoms with Crippen molar-refractivity contribution in [1.29, 1.82) is 0 Å². The average Bonchev–Trinajstić information content (AvgIpc) is 3.01. The average molecular weight is 297 g/mol. The number of methoxy groups -OCH3 is 1. The predicted octanol–water partition coefficient (Wildman–Crippen LogP) is 3.08. The molecule has 0 spiro atoms. The van der Waals surface area contributed by atoms with Gasteiger partial charge in [0, 0.05) is 17.8 Å². The van der Waals surface area contributed by atoms with Gasteiger partial charge < -0.3 is 19.5 Å². The van der Waals surface area contributed by atoms with Crippen LogP contribution in [0.1, 0.15) is 5.56 Å². The lowest BCUT2D eigenvalue weighted by atomic mass is 10.2. The van der Waals surface area contributed by atoms with Gasteiger partial charge >= 0.3 is 0 Å². The van der Waals surface area contributed by atoms with E-state index in [4.69, 9.17) is 14.2 Å². The van der Waals surface area contributed by atoms with E-state index in [2.05, 4.69) is 5.32 Å². The van der Waals surface area contributed by atoms with E-state index in [0.29, 0.717) is 17.2 Å². The molecule has 0 unspecified atom stereocenters. The lowest BCUT2D eigenvalue weighted by Crippen LogP contribution is -2.07. The second-order valence-corrected chi connectivity index (χ2v) is 4.67. The summed E-state index contributed by atoms with van der Waals surface area (Å²) in [5.74, 6) is 1.85. The Labute approximate surface area is 128 Å². The zero-order chi connectivity index (χ0) is 15.4. The molecule has 0 saturated carbocycles. The lowest BCUT2D eigenvalue weighted by Gasteiger charge is -2.03. The van der Waals surface area contributed by atoms with Gasteiger partial charge in [0.15, 0.2) is 11.5 Å². The number of nitrogens with one attached hydrogen (secondary N) is 1. The third-order valence-electron chi connectivity index (χ3n) is 3.16. The molecule has 1 aliphatic rings. The summed E-state index contributed by atoms with van der Waals surface area (Å²) in [4.78, 5) is 11.9. The number of rotatable bonds is 4. The normalized spacial score (nSPS) is 12.4. The summed E-state index contributed by atoms with van der Waals surface area (Å²) in [6.45, 7) is 0.211. The number of ether oxygens (including phenoxy) is 3. The van der Waals surface area contributed by atoms with E-state index in [0.717, 1.165) is 11.3 Å². The second-order valence-electron chi connectivity index (χ2n) is 4.67. The summed E-state index contributed by atoms with van der Waals surface area (Å²) in [5, 5.41) is 2.78. The van der Waals surface area contributed by atoms with Crippen molar-refractivity contribution in [2.45, 2.75) is 0 Å². The van der Waals surface area contributed by atoms with Gasteiger partial charge in [-0.3, -0.25) is 4.79 Å². The van der Waals surface area contributed by atoms with Crippen LogP contribution in [0, 0.1) is 0 Å². The Morgan fingerprint density at radius 2 is 2.05 bits per heavy atom. The monoisotopic (exact) mass is 297 g/mol. The predicted molar refractivity (Wildman–Crippen MR) is 83.2 cm³/mol. The van der Waals surface area contributed by atoms with Crippen molar-refractivity contribution in [3.05, 3.63) is 54.1 Å². The highest BCUT2D eigenvalue weighted by Gasteiger charge is 2.13. The number of benzene rings is 2. The fraction of sp³-hybridized carbons (Fsp3) is 0.118. The molecule has 0 radical (unpaired) electrons. The number of anilines is 1. The van der Waals surface area contributed by atoms with Crippen molar-refractivity contribution in [2.75, 3.05) is 19.2 Å². The van der Waals surface area contributed by atoms with E-state index < -0.39 is 0 Å². The molecule has 0 aliphatic carbocycles. The molecule has 0 bridgehead atoms. The van der Waals surface area contributed by atoms with Crippen LogP contribution in [-0.4, -0.2) is 19.8 Å². The molecule has 0 atom stereocenters. The van der Waals surface area contributed by atoms with E-state index in [1.165, 1.54) is 6.08 Å². The summed E-state index contributed by atoms with van der Waals surface area (Å²) >= 11 is 0. The zero-order valence-corrected chi connectivity index (χ0v) is 12.0. The summed E-state index contributed by atoms with van der Waals surface area (Å²) in [6.07, 6.45) is 3.20. The molecule has 2 aromatic rings. The number of hydrogen-bond acceptors (Lipinski definition) is 4. The van der Waals surface area contributed by atoms with Crippen molar-refractivity contribution in [1.82, 2.24) is 0 Å². The molecule has 22 heavy (non-hydrogen) atoms. The van der Waals surface area contributed by atoms with Crippen LogP contribution in [-0.2, 0) is 4.79 Å². The second kappa shape index (κ2) is 6.22. The van der Waals surface area contributed by atoms with Gasteiger partial charge in [0.1, 0.15) is 5.75 Å². The molecule has 1 aliphatic heterocycles. The highest BCUT2D eigenvalue weighted by atomic mass is 16.7. The minimum absolute atomic E-state index is 0.211. The molecule has 1 heterocycles. The zero-order valence-electron chi connectivity index (χ0n) is 12.0. The number of fused-ring (bicyclic) bond motifs is 1. The summed E-state index contributed by atoms with van der Waals surface area (Å²) < 4.78 is 15.6. The minimum Gasteiger partial charge on any atom is -0.497 e. The van der Waals surface area contributed by atoms with Crippen molar-refractivity contribution in [2.24, 2.45) is 0 Å². The standard InChI is InChI=1S/C17H15NO4/c1-20-14-4-2-3-12(9-14)5-8-17(19)18-13-6-7-15-16(10-13)22-11-21-15/h2-10H,11H2,1H3,(H,18,19)/b8-5+. The maximum Gasteiger partial charge on any atom is 0.248 e. The molecule has 1 amide bonds. The SMILES string of the molecule is COc1cccc(/C=C/C(=O)Nc2ccc3c(c2)OCO3)c1. The first-order valence-electron chi connectivity index (χ1n) is 6.77. The van der Waals surface area contributed by atoms with Crippen LogP contribution >= 0.6 is 0 Å². The molecule has 3 rings (SSSR count). The quantitative estimate of drug-likeness (QED) is 0.881. The lowest BCUT2D eigenvalue weighted by molar-refractivity contribution is -0.111. The van der Waals surface area contributed by atoms with Gasteiger partial charge in [-0.1, -0.05) is 12.1 Å². The highest BCUT2D eigenvalue weighted by Crippen LogP contribution is 2.34. The van der Waals surface area contributed by atoms with Crippen LogP contribution in [0.5, 0.6) is 17.2 Å². The van der Waals surface area contributed by atoms with Gasteiger partial charge in [-0.2, -0.15) is 0 Å². The molecule has 112 valence electrons. The van der Waals surface area contributed by atoms with Crippen LogP contribution in [0.3, 0.4) is 0 Å². The maximum absolute atomic E-state index is 11.9. The van der Waals surface area contributed by atoms with E-state index in [1.807, 2.05) is 24.3 Å². The Morgan fingerprint density at radius 3 is 2.91 bits per heavy atom. The molecular formula is C17H15NO4. The van der Waals surface area contributed by atoms with E-state index in [9.17, 15) is 4.79 Å². The molecule has 2 aromatic carbocycles. The van der Waals surface area contributed by atoms with Gasteiger partial charge in [-0.15, -0.1) is 0 Å². The smallest absolute Gasteiger partial charge is 0.248 e. The molecule has 5 heteroatoms. The number of carbonyl (C=O) groups excluding carboxylic acids is 1. The summed E-state index contributed by atoms with van der Waals surface area (Å²) in [6, 6.07) is 12.7. The molecule has 1 N–H and O–H groups in total. The maximum atomic E-state index is 11.9. The van der Waals surface area contributed by atoms with Crippen molar-refractivity contribution >= 4 is 17.7 Å². The Bertz CT molecular complexity index is 724. The van der Waals surface area contributed by atoms with Crippen molar-refractivity contribution < 1.29 is 19.0 Å².